The lowest BCUT2D eigenvalue weighted by atomic mass is 10.1. The summed E-state index contributed by atoms with van der Waals surface area (Å²) in [5.74, 6) is 0.371. The van der Waals surface area contributed by atoms with Crippen molar-refractivity contribution in [3.05, 3.63) is 65.2 Å². The van der Waals surface area contributed by atoms with Crippen LogP contribution in [0.5, 0.6) is 5.75 Å². The Hall–Kier alpha value is -2.93. The summed E-state index contributed by atoms with van der Waals surface area (Å²) in [4.78, 5) is 11.4. The molecule has 0 saturated heterocycles. The van der Waals surface area contributed by atoms with E-state index in [1.54, 1.807) is 18.3 Å². The zero-order valence-corrected chi connectivity index (χ0v) is 13.9. The van der Waals surface area contributed by atoms with Crippen LogP contribution in [0.2, 0.25) is 0 Å². The average molecular weight is 343 g/mol. The molecule has 2 rings (SSSR count). The molecule has 0 aromatic heterocycles. The molecule has 0 aliphatic heterocycles. The van der Waals surface area contributed by atoms with Crippen LogP contribution in [0, 0.1) is 0 Å². The number of thiocarbonyl (C=S) groups is 1. The molecule has 2 aromatic rings. The van der Waals surface area contributed by atoms with Crippen molar-refractivity contribution in [2.45, 2.75) is 6.61 Å². The molecule has 124 valence electrons. The zero-order chi connectivity index (χ0) is 17.4. The fourth-order valence-electron chi connectivity index (χ4n) is 1.84. The second kappa shape index (κ2) is 8.64. The van der Waals surface area contributed by atoms with Gasteiger partial charge in [0.25, 0.3) is 0 Å². The van der Waals surface area contributed by atoms with Gasteiger partial charge in [-0.15, -0.1) is 0 Å². The topological polar surface area (TPSA) is 85.9 Å². The van der Waals surface area contributed by atoms with Crippen LogP contribution in [0.4, 0.5) is 0 Å². The van der Waals surface area contributed by atoms with Gasteiger partial charge in [0.05, 0.1) is 18.9 Å². The van der Waals surface area contributed by atoms with Crippen LogP contribution in [-0.2, 0) is 11.3 Å². The highest BCUT2D eigenvalue weighted by atomic mass is 32.1. The number of benzene rings is 2. The summed E-state index contributed by atoms with van der Waals surface area (Å²) in [6.45, 7) is 0.401. The Bertz CT molecular complexity index is 728. The number of hydrogen-bond donors (Lipinski definition) is 2. The largest absolute Gasteiger partial charge is 0.489 e. The average Bonchev–Trinajstić information content (AvgIpc) is 2.60. The summed E-state index contributed by atoms with van der Waals surface area (Å²) in [5.41, 5.74) is 10.1. The second-order valence-corrected chi connectivity index (χ2v) is 5.22. The molecule has 0 bridgehead atoms. The van der Waals surface area contributed by atoms with E-state index in [0.29, 0.717) is 12.2 Å². The highest BCUT2D eigenvalue weighted by Crippen LogP contribution is 2.14. The molecule has 0 radical (unpaired) electrons. The Kier molecular flexibility index (Phi) is 6.27. The molecule has 0 aliphatic carbocycles. The molecule has 0 aliphatic rings. The van der Waals surface area contributed by atoms with Crippen molar-refractivity contribution in [3.63, 3.8) is 0 Å². The van der Waals surface area contributed by atoms with E-state index >= 15 is 0 Å². The van der Waals surface area contributed by atoms with Crippen LogP contribution in [0.1, 0.15) is 21.5 Å². The Balaban J connectivity index is 1.89. The van der Waals surface area contributed by atoms with E-state index in [1.165, 1.54) is 7.11 Å². The summed E-state index contributed by atoms with van der Waals surface area (Å²) in [5, 5.41) is 3.99. The lowest BCUT2D eigenvalue weighted by molar-refractivity contribution is 0.0600. The number of carbonyl (C=O) groups is 1. The first kappa shape index (κ1) is 17.4. The van der Waals surface area contributed by atoms with Gasteiger partial charge in [0, 0.05) is 0 Å². The maximum Gasteiger partial charge on any atom is 0.337 e. The Morgan fingerprint density at radius 2 is 1.88 bits per heavy atom. The summed E-state index contributed by atoms with van der Waals surface area (Å²) in [7, 11) is 1.36. The SMILES string of the molecule is COC(=O)c1ccc(COc2ccc(/C=N/NC(N)=S)cc2)cc1. The molecule has 6 nitrogen and oxygen atoms in total. The number of ether oxygens (including phenoxy) is 2. The molecule has 2 aromatic carbocycles. The predicted octanol–water partition coefficient (Wildman–Crippen LogP) is 2.22. The second-order valence-electron chi connectivity index (χ2n) is 4.78. The first-order valence-electron chi connectivity index (χ1n) is 7.07. The van der Waals surface area contributed by atoms with E-state index in [-0.39, 0.29) is 11.1 Å². The van der Waals surface area contributed by atoms with Gasteiger partial charge in [-0.3, -0.25) is 5.43 Å². The van der Waals surface area contributed by atoms with Crippen LogP contribution >= 0.6 is 12.2 Å². The number of nitrogens with one attached hydrogen (secondary N) is 1. The fourth-order valence-corrected chi connectivity index (χ4v) is 1.89. The number of hydrogen-bond acceptors (Lipinski definition) is 5. The Morgan fingerprint density at radius 3 is 2.46 bits per heavy atom. The first-order valence-corrected chi connectivity index (χ1v) is 7.48. The highest BCUT2D eigenvalue weighted by molar-refractivity contribution is 7.80. The lowest BCUT2D eigenvalue weighted by Gasteiger charge is -2.07. The van der Waals surface area contributed by atoms with Gasteiger partial charge in [0.15, 0.2) is 5.11 Å². The van der Waals surface area contributed by atoms with Gasteiger partial charge >= 0.3 is 5.97 Å². The lowest BCUT2D eigenvalue weighted by Crippen LogP contribution is -2.23. The molecule has 0 unspecified atom stereocenters. The normalized spacial score (nSPS) is 10.4. The van der Waals surface area contributed by atoms with E-state index in [9.17, 15) is 4.79 Å². The van der Waals surface area contributed by atoms with Crippen molar-refractivity contribution in [3.8, 4) is 5.75 Å². The van der Waals surface area contributed by atoms with Crippen molar-refractivity contribution in [2.75, 3.05) is 7.11 Å². The highest BCUT2D eigenvalue weighted by Gasteiger charge is 2.04. The minimum Gasteiger partial charge on any atom is -0.489 e. The molecule has 0 heterocycles. The molecule has 0 saturated carbocycles. The number of rotatable bonds is 6. The van der Waals surface area contributed by atoms with Gasteiger partial charge in [0.1, 0.15) is 12.4 Å². The number of nitrogens with zero attached hydrogens (tertiary/aromatic N) is 1. The molecule has 24 heavy (non-hydrogen) atoms. The molecule has 3 N–H and O–H groups in total. The summed E-state index contributed by atoms with van der Waals surface area (Å²) in [6, 6.07) is 14.5. The quantitative estimate of drug-likeness (QED) is 0.362. The monoisotopic (exact) mass is 343 g/mol. The summed E-state index contributed by atoms with van der Waals surface area (Å²) >= 11 is 4.65. The van der Waals surface area contributed by atoms with Crippen LogP contribution < -0.4 is 15.9 Å². The molecular weight excluding hydrogens is 326 g/mol. The van der Waals surface area contributed by atoms with E-state index in [1.807, 2.05) is 36.4 Å². The Labute approximate surface area is 145 Å². The van der Waals surface area contributed by atoms with E-state index in [0.717, 1.165) is 16.9 Å². The Morgan fingerprint density at radius 1 is 1.21 bits per heavy atom. The van der Waals surface area contributed by atoms with Crippen molar-refractivity contribution < 1.29 is 14.3 Å². The molecule has 0 atom stereocenters. The smallest absolute Gasteiger partial charge is 0.337 e. The molecule has 0 spiro atoms. The predicted molar refractivity (Wildman–Crippen MR) is 96.1 cm³/mol. The van der Waals surface area contributed by atoms with Crippen LogP contribution in [0.3, 0.4) is 0 Å². The van der Waals surface area contributed by atoms with Gasteiger partial charge in [0.2, 0.25) is 0 Å². The zero-order valence-electron chi connectivity index (χ0n) is 13.1. The van der Waals surface area contributed by atoms with Crippen molar-refractivity contribution >= 4 is 29.5 Å². The number of methoxy groups -OCH3 is 1. The minimum atomic E-state index is -0.357. The number of nitrogens with two attached hydrogens (primary N) is 1. The molecule has 7 heteroatoms. The number of esters is 1. The maximum atomic E-state index is 11.4. The van der Waals surface area contributed by atoms with Gasteiger partial charge in [-0.05, 0) is 59.7 Å². The summed E-state index contributed by atoms with van der Waals surface area (Å²) < 4.78 is 10.4. The molecule has 0 fully saturated rings. The molecule has 0 amide bonds. The van der Waals surface area contributed by atoms with Crippen LogP contribution in [-0.4, -0.2) is 24.4 Å². The first-order chi connectivity index (χ1) is 11.6. The van der Waals surface area contributed by atoms with Gasteiger partial charge in [-0.1, -0.05) is 12.1 Å². The third-order valence-corrected chi connectivity index (χ3v) is 3.14. The number of carbonyl (C=O) groups excluding carboxylic acids is 1. The van der Waals surface area contributed by atoms with E-state index in [2.05, 4.69) is 27.5 Å². The van der Waals surface area contributed by atoms with Crippen LogP contribution in [0.15, 0.2) is 53.6 Å². The third-order valence-electron chi connectivity index (χ3n) is 3.05. The van der Waals surface area contributed by atoms with Crippen molar-refractivity contribution in [1.29, 1.82) is 0 Å². The van der Waals surface area contributed by atoms with Gasteiger partial charge in [-0.2, -0.15) is 5.10 Å². The summed E-state index contributed by atoms with van der Waals surface area (Å²) in [6.07, 6.45) is 1.61. The fraction of sp³-hybridized carbons (Fsp3) is 0.118. The van der Waals surface area contributed by atoms with E-state index in [4.69, 9.17) is 10.5 Å². The van der Waals surface area contributed by atoms with Crippen molar-refractivity contribution in [2.24, 2.45) is 10.8 Å². The van der Waals surface area contributed by atoms with Gasteiger partial charge < -0.3 is 15.2 Å². The third kappa shape index (κ3) is 5.36. The minimum absolute atomic E-state index is 0.115. The van der Waals surface area contributed by atoms with Gasteiger partial charge in [-0.25, -0.2) is 4.79 Å². The molecular formula is C17H17N3O3S. The standard InChI is InChI=1S/C17H17N3O3S/c1-22-16(21)14-6-2-13(3-7-14)11-23-15-8-4-12(5-9-15)10-19-20-17(18)24/h2-10H,11H2,1H3,(H3,18,20,24)/b19-10+. The van der Waals surface area contributed by atoms with E-state index < -0.39 is 0 Å². The number of hydrazone groups is 1. The maximum absolute atomic E-state index is 11.4. The van der Waals surface area contributed by atoms with Crippen LogP contribution in [0.25, 0.3) is 0 Å². The van der Waals surface area contributed by atoms with Crippen molar-refractivity contribution in [1.82, 2.24) is 5.43 Å².